The molecule has 0 atom stereocenters. The number of hydrogen-bond donors (Lipinski definition) is 0. The van der Waals surface area contributed by atoms with Gasteiger partial charge in [0, 0.05) is 6.07 Å². The number of rotatable bonds is 2. The number of aryl methyl sites for hydroxylation is 1. The van der Waals surface area contributed by atoms with Gasteiger partial charge in [-0.25, -0.2) is 0 Å². The van der Waals surface area contributed by atoms with Crippen molar-refractivity contribution in [1.82, 2.24) is 0 Å². The molecule has 1 aromatic carbocycles. The van der Waals surface area contributed by atoms with Crippen molar-refractivity contribution in [2.75, 3.05) is 6.61 Å². The molecule has 0 N–H and O–H groups in total. The van der Waals surface area contributed by atoms with Crippen molar-refractivity contribution in [2.24, 2.45) is 0 Å². The molecule has 0 aliphatic carbocycles. The lowest BCUT2D eigenvalue weighted by Gasteiger charge is -2.01. The van der Waals surface area contributed by atoms with Crippen molar-refractivity contribution in [2.45, 2.75) is 13.8 Å². The van der Waals surface area contributed by atoms with Crippen LogP contribution in [-0.2, 0) is 0 Å². The highest BCUT2D eigenvalue weighted by molar-refractivity contribution is 5.25. The Morgan fingerprint density at radius 3 is 3.00 bits per heavy atom. The normalized spacial score (nSPS) is 9.40. The van der Waals surface area contributed by atoms with Crippen LogP contribution in [0.15, 0.2) is 18.2 Å². The monoisotopic (exact) mass is 135 g/mol. The van der Waals surface area contributed by atoms with Gasteiger partial charge in [0.2, 0.25) is 0 Å². The van der Waals surface area contributed by atoms with Gasteiger partial charge in [-0.05, 0) is 25.5 Å². The first-order valence-electron chi connectivity index (χ1n) is 3.44. The van der Waals surface area contributed by atoms with Crippen molar-refractivity contribution in [3.8, 4) is 5.75 Å². The van der Waals surface area contributed by atoms with Crippen LogP contribution in [0.5, 0.6) is 5.75 Å². The van der Waals surface area contributed by atoms with E-state index in [4.69, 9.17) is 4.74 Å². The van der Waals surface area contributed by atoms with E-state index < -0.39 is 0 Å². The summed E-state index contributed by atoms with van der Waals surface area (Å²) >= 11 is 0. The number of ether oxygens (including phenoxy) is 1. The first kappa shape index (κ1) is 7.13. The molecule has 0 amide bonds. The summed E-state index contributed by atoms with van der Waals surface area (Å²) < 4.78 is 5.23. The lowest BCUT2D eigenvalue weighted by molar-refractivity contribution is 0.339. The highest BCUT2D eigenvalue weighted by Crippen LogP contribution is 2.10. The minimum absolute atomic E-state index is 0.708. The van der Waals surface area contributed by atoms with Gasteiger partial charge < -0.3 is 4.74 Å². The number of benzene rings is 1. The lowest BCUT2D eigenvalue weighted by Crippen LogP contribution is -1.90. The molecule has 1 nitrogen and oxygen atoms in total. The Labute approximate surface area is 61.6 Å². The van der Waals surface area contributed by atoms with Crippen molar-refractivity contribution in [3.63, 3.8) is 0 Å². The molecule has 0 heterocycles. The van der Waals surface area contributed by atoms with Gasteiger partial charge in [0.05, 0.1) is 6.61 Å². The largest absolute Gasteiger partial charge is 0.493 e. The molecule has 1 heteroatoms. The van der Waals surface area contributed by atoms with Gasteiger partial charge in [-0.1, -0.05) is 12.1 Å². The van der Waals surface area contributed by atoms with Gasteiger partial charge in [0.1, 0.15) is 5.75 Å². The summed E-state index contributed by atoms with van der Waals surface area (Å²) in [6, 6.07) is 8.84. The summed E-state index contributed by atoms with van der Waals surface area (Å²) in [7, 11) is 0. The second-order valence-corrected chi connectivity index (χ2v) is 2.16. The van der Waals surface area contributed by atoms with E-state index in [0.29, 0.717) is 6.61 Å². The number of hydrogen-bond acceptors (Lipinski definition) is 1. The first-order valence-corrected chi connectivity index (χ1v) is 3.44. The zero-order valence-corrected chi connectivity index (χ0v) is 6.35. The topological polar surface area (TPSA) is 9.23 Å². The molecular weight excluding hydrogens is 124 g/mol. The van der Waals surface area contributed by atoms with Crippen molar-refractivity contribution in [1.29, 1.82) is 0 Å². The molecule has 1 radical (unpaired) electrons. The SMILES string of the molecule is CCOc1[c]ccc(C)c1. The summed E-state index contributed by atoms with van der Waals surface area (Å²) in [6.45, 7) is 4.71. The Kier molecular flexibility index (Phi) is 2.32. The van der Waals surface area contributed by atoms with Crippen LogP contribution < -0.4 is 4.74 Å². The Balaban J connectivity index is 2.75. The fourth-order valence-corrected chi connectivity index (χ4v) is 0.791. The zero-order valence-electron chi connectivity index (χ0n) is 6.35. The second kappa shape index (κ2) is 3.25. The molecule has 1 rings (SSSR count). The van der Waals surface area contributed by atoms with Crippen molar-refractivity contribution >= 4 is 0 Å². The molecule has 0 fully saturated rings. The predicted octanol–water partition coefficient (Wildman–Crippen LogP) is 2.19. The van der Waals surface area contributed by atoms with Crippen LogP contribution in [-0.4, -0.2) is 6.61 Å². The van der Waals surface area contributed by atoms with Gasteiger partial charge in [0.25, 0.3) is 0 Å². The van der Waals surface area contributed by atoms with Crippen LogP contribution in [0.2, 0.25) is 0 Å². The maximum Gasteiger partial charge on any atom is 0.127 e. The fraction of sp³-hybridized carbons (Fsp3) is 0.333. The lowest BCUT2D eigenvalue weighted by atomic mass is 10.2. The highest BCUT2D eigenvalue weighted by atomic mass is 16.5. The van der Waals surface area contributed by atoms with E-state index >= 15 is 0 Å². The summed E-state index contributed by atoms with van der Waals surface area (Å²) in [5, 5.41) is 0. The van der Waals surface area contributed by atoms with Gasteiger partial charge in [-0.15, -0.1) is 0 Å². The summed E-state index contributed by atoms with van der Waals surface area (Å²) in [5.74, 6) is 0.836. The third kappa shape index (κ3) is 1.76. The van der Waals surface area contributed by atoms with Crippen LogP contribution >= 0.6 is 0 Å². The van der Waals surface area contributed by atoms with E-state index in [1.165, 1.54) is 5.56 Å². The first-order chi connectivity index (χ1) is 4.83. The summed E-state index contributed by atoms with van der Waals surface area (Å²) in [6.07, 6.45) is 0. The van der Waals surface area contributed by atoms with Crippen LogP contribution in [0.3, 0.4) is 0 Å². The maximum absolute atomic E-state index is 5.23. The van der Waals surface area contributed by atoms with E-state index in [9.17, 15) is 0 Å². The van der Waals surface area contributed by atoms with Gasteiger partial charge in [-0.3, -0.25) is 0 Å². The Morgan fingerprint density at radius 1 is 1.60 bits per heavy atom. The Hall–Kier alpha value is -0.980. The molecule has 0 aliphatic rings. The van der Waals surface area contributed by atoms with Crippen molar-refractivity contribution < 1.29 is 4.74 Å². The Bertz CT molecular complexity index is 206. The minimum Gasteiger partial charge on any atom is -0.493 e. The Morgan fingerprint density at radius 2 is 2.40 bits per heavy atom. The molecule has 0 aromatic heterocycles. The van der Waals surface area contributed by atoms with E-state index in [0.717, 1.165) is 5.75 Å². The van der Waals surface area contributed by atoms with Crippen LogP contribution in [0.1, 0.15) is 12.5 Å². The molecule has 1 aromatic rings. The fourth-order valence-electron chi connectivity index (χ4n) is 0.791. The zero-order chi connectivity index (χ0) is 7.40. The van der Waals surface area contributed by atoms with E-state index in [2.05, 4.69) is 6.07 Å². The van der Waals surface area contributed by atoms with Crippen LogP contribution in [0.4, 0.5) is 0 Å². The molecule has 0 bridgehead atoms. The van der Waals surface area contributed by atoms with Gasteiger partial charge in [0.15, 0.2) is 0 Å². The second-order valence-electron chi connectivity index (χ2n) is 2.16. The predicted molar refractivity (Wildman–Crippen MR) is 41.2 cm³/mol. The summed E-state index contributed by atoms with van der Waals surface area (Å²) in [5.41, 5.74) is 1.21. The van der Waals surface area contributed by atoms with Crippen molar-refractivity contribution in [3.05, 3.63) is 29.8 Å². The average Bonchev–Trinajstić information content (AvgIpc) is 1.88. The molecule has 0 saturated heterocycles. The molecule has 53 valence electrons. The standard InChI is InChI=1S/C9H11O/c1-3-10-9-6-4-5-8(2)7-9/h4-5,7H,3H2,1-2H3. The molecule has 0 saturated carbocycles. The van der Waals surface area contributed by atoms with E-state index in [-0.39, 0.29) is 0 Å². The van der Waals surface area contributed by atoms with E-state index in [1.807, 2.05) is 32.0 Å². The minimum atomic E-state index is 0.708. The van der Waals surface area contributed by atoms with Crippen LogP contribution in [0.25, 0.3) is 0 Å². The smallest absolute Gasteiger partial charge is 0.127 e. The van der Waals surface area contributed by atoms with Gasteiger partial charge in [-0.2, -0.15) is 0 Å². The van der Waals surface area contributed by atoms with E-state index in [1.54, 1.807) is 0 Å². The third-order valence-electron chi connectivity index (χ3n) is 1.23. The summed E-state index contributed by atoms with van der Waals surface area (Å²) in [4.78, 5) is 0. The highest BCUT2D eigenvalue weighted by Gasteiger charge is 1.89. The molecule has 0 unspecified atom stereocenters. The van der Waals surface area contributed by atoms with Crippen LogP contribution in [0, 0.1) is 13.0 Å². The third-order valence-corrected chi connectivity index (χ3v) is 1.23. The molecule has 0 spiro atoms. The average molecular weight is 135 g/mol. The molecular formula is C9H11O. The van der Waals surface area contributed by atoms with Gasteiger partial charge >= 0.3 is 0 Å². The molecule has 0 aliphatic heterocycles. The molecule has 10 heavy (non-hydrogen) atoms. The maximum atomic E-state index is 5.23. The quantitative estimate of drug-likeness (QED) is 0.604.